The van der Waals surface area contributed by atoms with E-state index in [1.807, 2.05) is 18.2 Å². The van der Waals surface area contributed by atoms with Crippen molar-refractivity contribution in [2.24, 2.45) is 0 Å². The third-order valence-electron chi connectivity index (χ3n) is 4.51. The third-order valence-corrected chi connectivity index (χ3v) is 4.73. The summed E-state index contributed by atoms with van der Waals surface area (Å²) in [7, 11) is 0. The molecule has 2 aliphatic rings. The topological polar surface area (TPSA) is 29.5 Å². The summed E-state index contributed by atoms with van der Waals surface area (Å²) in [5, 5.41) is 11.4. The highest BCUT2D eigenvalue weighted by atomic mass is 35.5. The molecule has 1 atom stereocenters. The fourth-order valence-electron chi connectivity index (χ4n) is 3.44. The zero-order valence-electron chi connectivity index (χ0n) is 11.7. The Bertz CT molecular complexity index is 709. The molecule has 1 N–H and O–H groups in total. The first-order valence-electron chi connectivity index (χ1n) is 7.47. The molecule has 21 heavy (non-hydrogen) atoms. The minimum Gasteiger partial charge on any atom is -0.493 e. The van der Waals surface area contributed by atoms with Gasteiger partial charge in [-0.25, -0.2) is 0 Å². The van der Waals surface area contributed by atoms with Gasteiger partial charge < -0.3 is 9.84 Å². The molecule has 3 heteroatoms. The quantitative estimate of drug-likeness (QED) is 0.913. The maximum Gasteiger partial charge on any atom is 0.128 e. The van der Waals surface area contributed by atoms with E-state index in [1.54, 1.807) is 0 Å². The van der Waals surface area contributed by atoms with E-state index in [4.69, 9.17) is 16.3 Å². The standard InChI is InChI=1S/C18H17ClO2/c19-15-9-14-6-7-21-18(14)16(10-15)17(20)13-5-4-11-2-1-3-12(11)8-13/h4-5,8-10,17,20H,1-3,6-7H2. The monoisotopic (exact) mass is 300 g/mol. The van der Waals surface area contributed by atoms with Crippen LogP contribution in [0, 0.1) is 0 Å². The highest BCUT2D eigenvalue weighted by Crippen LogP contribution is 2.39. The Hall–Kier alpha value is -1.51. The summed E-state index contributed by atoms with van der Waals surface area (Å²) in [4.78, 5) is 0. The number of benzene rings is 2. The molecular weight excluding hydrogens is 284 g/mol. The van der Waals surface area contributed by atoms with Crippen molar-refractivity contribution in [3.8, 4) is 5.75 Å². The number of halogens is 1. The number of hydrogen-bond acceptors (Lipinski definition) is 2. The van der Waals surface area contributed by atoms with Crippen LogP contribution in [0.4, 0.5) is 0 Å². The summed E-state index contributed by atoms with van der Waals surface area (Å²) in [6.45, 7) is 0.666. The van der Waals surface area contributed by atoms with Crippen LogP contribution in [0.2, 0.25) is 5.02 Å². The molecule has 4 rings (SSSR count). The van der Waals surface area contributed by atoms with Crippen molar-refractivity contribution in [1.29, 1.82) is 0 Å². The summed E-state index contributed by atoms with van der Waals surface area (Å²) in [5.74, 6) is 0.812. The zero-order valence-corrected chi connectivity index (χ0v) is 12.5. The highest BCUT2D eigenvalue weighted by Gasteiger charge is 2.24. The summed E-state index contributed by atoms with van der Waals surface area (Å²) in [6.07, 6.45) is 3.66. The Morgan fingerprint density at radius 2 is 1.86 bits per heavy atom. The van der Waals surface area contributed by atoms with Gasteiger partial charge in [0.15, 0.2) is 0 Å². The number of aliphatic hydroxyl groups excluding tert-OH is 1. The molecule has 2 aromatic rings. The largest absolute Gasteiger partial charge is 0.493 e. The molecule has 2 aromatic carbocycles. The van der Waals surface area contributed by atoms with Gasteiger partial charge in [-0.3, -0.25) is 0 Å². The van der Waals surface area contributed by atoms with Crippen LogP contribution in [-0.4, -0.2) is 11.7 Å². The molecule has 0 spiro atoms. The molecular formula is C18H17ClO2. The third kappa shape index (κ3) is 2.23. The molecule has 0 fully saturated rings. The van der Waals surface area contributed by atoms with Crippen LogP contribution in [0.15, 0.2) is 30.3 Å². The second kappa shape index (κ2) is 5.04. The summed E-state index contributed by atoms with van der Waals surface area (Å²) in [5.41, 5.74) is 5.59. The fraction of sp³-hybridized carbons (Fsp3) is 0.333. The lowest BCUT2D eigenvalue weighted by molar-refractivity contribution is 0.213. The van der Waals surface area contributed by atoms with Gasteiger partial charge in [0.2, 0.25) is 0 Å². The molecule has 0 bridgehead atoms. The van der Waals surface area contributed by atoms with Crippen molar-refractivity contribution >= 4 is 11.6 Å². The van der Waals surface area contributed by atoms with Crippen molar-refractivity contribution in [2.45, 2.75) is 31.8 Å². The van der Waals surface area contributed by atoms with Gasteiger partial charge in [-0.2, -0.15) is 0 Å². The summed E-state index contributed by atoms with van der Waals surface area (Å²) >= 11 is 6.19. The smallest absolute Gasteiger partial charge is 0.128 e. The van der Waals surface area contributed by atoms with E-state index in [9.17, 15) is 5.11 Å². The average Bonchev–Trinajstić information content (AvgIpc) is 3.12. The van der Waals surface area contributed by atoms with Crippen molar-refractivity contribution < 1.29 is 9.84 Å². The minimum atomic E-state index is -0.679. The molecule has 0 radical (unpaired) electrons. The van der Waals surface area contributed by atoms with E-state index in [0.29, 0.717) is 11.6 Å². The predicted octanol–water partition coefficient (Wildman–Crippen LogP) is 3.85. The average molecular weight is 301 g/mol. The van der Waals surface area contributed by atoms with E-state index in [0.717, 1.165) is 41.7 Å². The number of hydrogen-bond donors (Lipinski definition) is 1. The molecule has 0 saturated heterocycles. The lowest BCUT2D eigenvalue weighted by atomic mass is 9.96. The van der Waals surface area contributed by atoms with Gasteiger partial charge in [-0.05, 0) is 53.6 Å². The normalized spacial score (nSPS) is 17.2. The van der Waals surface area contributed by atoms with Crippen molar-refractivity contribution in [3.05, 3.63) is 63.2 Å². The molecule has 0 amide bonds. The Labute approximate surface area is 129 Å². The van der Waals surface area contributed by atoms with Crippen LogP contribution >= 0.6 is 11.6 Å². The lowest BCUT2D eigenvalue weighted by Gasteiger charge is -2.16. The van der Waals surface area contributed by atoms with Crippen LogP contribution < -0.4 is 4.74 Å². The predicted molar refractivity (Wildman–Crippen MR) is 83.2 cm³/mol. The molecule has 1 heterocycles. The van der Waals surface area contributed by atoms with E-state index in [2.05, 4.69) is 12.1 Å². The SMILES string of the molecule is OC(c1ccc2c(c1)CCC2)c1cc(Cl)cc2c1OCC2. The second-order valence-electron chi connectivity index (χ2n) is 5.87. The van der Waals surface area contributed by atoms with Gasteiger partial charge >= 0.3 is 0 Å². The van der Waals surface area contributed by atoms with E-state index >= 15 is 0 Å². The molecule has 1 aliphatic heterocycles. The van der Waals surface area contributed by atoms with Gasteiger partial charge in [0.1, 0.15) is 11.9 Å². The van der Waals surface area contributed by atoms with Gasteiger partial charge in [0.05, 0.1) is 6.61 Å². The molecule has 0 aromatic heterocycles. The maximum atomic E-state index is 10.8. The van der Waals surface area contributed by atoms with Crippen molar-refractivity contribution in [2.75, 3.05) is 6.61 Å². The van der Waals surface area contributed by atoms with Crippen molar-refractivity contribution in [3.63, 3.8) is 0 Å². The molecule has 108 valence electrons. The number of rotatable bonds is 2. The van der Waals surface area contributed by atoms with Gasteiger partial charge in [0, 0.05) is 17.0 Å². The van der Waals surface area contributed by atoms with Crippen LogP contribution in [0.3, 0.4) is 0 Å². The number of ether oxygens (including phenoxy) is 1. The van der Waals surface area contributed by atoms with Gasteiger partial charge in [-0.1, -0.05) is 29.8 Å². The van der Waals surface area contributed by atoms with Crippen molar-refractivity contribution in [1.82, 2.24) is 0 Å². The highest BCUT2D eigenvalue weighted by molar-refractivity contribution is 6.30. The van der Waals surface area contributed by atoms with Gasteiger partial charge in [0.25, 0.3) is 0 Å². The first kappa shape index (κ1) is 13.2. The second-order valence-corrected chi connectivity index (χ2v) is 6.30. The first-order valence-corrected chi connectivity index (χ1v) is 7.85. The molecule has 0 saturated carbocycles. The Morgan fingerprint density at radius 1 is 1.00 bits per heavy atom. The molecule has 1 unspecified atom stereocenters. The van der Waals surface area contributed by atoms with Gasteiger partial charge in [-0.15, -0.1) is 0 Å². The zero-order chi connectivity index (χ0) is 14.4. The van der Waals surface area contributed by atoms with Crippen LogP contribution in [0.1, 0.15) is 40.3 Å². The number of fused-ring (bicyclic) bond motifs is 2. The van der Waals surface area contributed by atoms with E-state index in [-0.39, 0.29) is 0 Å². The minimum absolute atomic E-state index is 0.662. The number of aryl methyl sites for hydroxylation is 2. The summed E-state index contributed by atoms with van der Waals surface area (Å²) < 4.78 is 5.70. The molecule has 2 nitrogen and oxygen atoms in total. The Kier molecular flexibility index (Phi) is 3.16. The number of aliphatic hydroxyl groups is 1. The van der Waals surface area contributed by atoms with Crippen LogP contribution in [0.5, 0.6) is 5.75 Å². The Morgan fingerprint density at radius 3 is 2.76 bits per heavy atom. The van der Waals surface area contributed by atoms with Crippen LogP contribution in [-0.2, 0) is 19.3 Å². The van der Waals surface area contributed by atoms with E-state index in [1.165, 1.54) is 17.5 Å². The molecule has 1 aliphatic carbocycles. The fourth-order valence-corrected chi connectivity index (χ4v) is 3.69. The lowest BCUT2D eigenvalue weighted by Crippen LogP contribution is -2.03. The van der Waals surface area contributed by atoms with Crippen LogP contribution in [0.25, 0.3) is 0 Å². The Balaban J connectivity index is 1.77. The maximum absolute atomic E-state index is 10.8. The van der Waals surface area contributed by atoms with E-state index < -0.39 is 6.10 Å². The summed E-state index contributed by atoms with van der Waals surface area (Å²) in [6, 6.07) is 10.1. The first-order chi connectivity index (χ1) is 10.2.